The average Bonchev–Trinajstić information content (AvgIpc) is 2.67. The number of nitrogens with one attached hydrogen (secondary N) is 1. The quantitative estimate of drug-likeness (QED) is 0.520. The van der Waals surface area contributed by atoms with Crippen LogP contribution in [0.1, 0.15) is 0 Å². The summed E-state index contributed by atoms with van der Waals surface area (Å²) in [5.41, 5.74) is 0.586. The number of amides is 1. The van der Waals surface area contributed by atoms with Crippen LogP contribution in [0.15, 0.2) is 77.7 Å². The van der Waals surface area contributed by atoms with Crippen molar-refractivity contribution < 1.29 is 13.2 Å². The lowest BCUT2D eigenvalue weighted by Crippen LogP contribution is -2.38. The van der Waals surface area contributed by atoms with E-state index in [-0.39, 0.29) is 15.6 Å². The lowest BCUT2D eigenvalue weighted by molar-refractivity contribution is -0.114. The van der Waals surface area contributed by atoms with E-state index in [2.05, 4.69) is 5.32 Å². The van der Waals surface area contributed by atoms with Gasteiger partial charge < -0.3 is 5.32 Å². The van der Waals surface area contributed by atoms with Crippen molar-refractivity contribution >= 4 is 62.1 Å². The molecule has 0 aromatic heterocycles. The SMILES string of the molecule is O=C(CN(c1ccc(Cl)cc1Cl)S(=O)(=O)c1ccccc1)Nc1cccc(Cl)c1. The zero-order chi connectivity index (χ0) is 21.0. The van der Waals surface area contributed by atoms with Crippen molar-refractivity contribution in [3.05, 3.63) is 87.9 Å². The van der Waals surface area contributed by atoms with Gasteiger partial charge in [-0.15, -0.1) is 0 Å². The molecule has 0 saturated heterocycles. The van der Waals surface area contributed by atoms with Crippen molar-refractivity contribution in [1.29, 1.82) is 0 Å². The molecule has 0 unspecified atom stereocenters. The van der Waals surface area contributed by atoms with Gasteiger partial charge in [-0.2, -0.15) is 0 Å². The minimum Gasteiger partial charge on any atom is -0.324 e. The van der Waals surface area contributed by atoms with Gasteiger partial charge in [0.05, 0.1) is 15.6 Å². The number of hydrogen-bond donors (Lipinski definition) is 1. The Balaban J connectivity index is 1.98. The lowest BCUT2D eigenvalue weighted by atomic mass is 10.3. The van der Waals surface area contributed by atoms with Crippen LogP contribution in [0.4, 0.5) is 11.4 Å². The number of halogens is 3. The Bertz CT molecular complexity index is 1140. The smallest absolute Gasteiger partial charge is 0.264 e. The van der Waals surface area contributed by atoms with Gasteiger partial charge in [0.1, 0.15) is 6.54 Å². The summed E-state index contributed by atoms with van der Waals surface area (Å²) in [7, 11) is -4.07. The van der Waals surface area contributed by atoms with Crippen molar-refractivity contribution in [3.63, 3.8) is 0 Å². The summed E-state index contributed by atoms with van der Waals surface area (Å²) in [5, 5.41) is 3.53. The molecule has 9 heteroatoms. The second-order valence-electron chi connectivity index (χ2n) is 5.98. The van der Waals surface area contributed by atoms with Crippen LogP contribution in [-0.2, 0) is 14.8 Å². The van der Waals surface area contributed by atoms with E-state index in [1.807, 2.05) is 0 Å². The molecule has 0 saturated carbocycles. The van der Waals surface area contributed by atoms with Crippen molar-refractivity contribution in [2.75, 3.05) is 16.2 Å². The Hall–Kier alpha value is -2.25. The van der Waals surface area contributed by atoms with E-state index in [1.54, 1.807) is 42.5 Å². The zero-order valence-corrected chi connectivity index (χ0v) is 17.9. The van der Waals surface area contributed by atoms with E-state index in [4.69, 9.17) is 34.8 Å². The second-order valence-corrected chi connectivity index (χ2v) is 9.12. The molecule has 0 aliphatic carbocycles. The van der Waals surface area contributed by atoms with Crippen LogP contribution in [0, 0.1) is 0 Å². The fourth-order valence-corrected chi connectivity index (χ4v) is 4.81. The first-order chi connectivity index (χ1) is 13.8. The highest BCUT2D eigenvalue weighted by atomic mass is 35.5. The maximum Gasteiger partial charge on any atom is 0.264 e. The molecule has 150 valence electrons. The average molecular weight is 470 g/mol. The fraction of sp³-hybridized carbons (Fsp3) is 0.0500. The Morgan fingerprint density at radius 2 is 1.55 bits per heavy atom. The van der Waals surface area contributed by atoms with Crippen LogP contribution in [0.3, 0.4) is 0 Å². The van der Waals surface area contributed by atoms with E-state index in [1.165, 1.54) is 30.3 Å². The fourth-order valence-electron chi connectivity index (χ4n) is 2.60. The molecule has 0 aliphatic rings. The van der Waals surface area contributed by atoms with Gasteiger partial charge in [0.15, 0.2) is 0 Å². The maximum atomic E-state index is 13.2. The molecule has 3 rings (SSSR count). The number of anilines is 2. The Kier molecular flexibility index (Phi) is 6.70. The molecule has 1 N–H and O–H groups in total. The molecule has 0 spiro atoms. The van der Waals surface area contributed by atoms with E-state index in [0.717, 1.165) is 4.31 Å². The molecule has 3 aromatic rings. The summed E-state index contributed by atoms with van der Waals surface area (Å²) in [5.74, 6) is -0.558. The van der Waals surface area contributed by atoms with E-state index < -0.39 is 22.5 Å². The van der Waals surface area contributed by atoms with E-state index in [0.29, 0.717) is 15.7 Å². The first-order valence-electron chi connectivity index (χ1n) is 8.35. The van der Waals surface area contributed by atoms with E-state index >= 15 is 0 Å². The molecule has 0 fully saturated rings. The van der Waals surface area contributed by atoms with Crippen molar-refractivity contribution in [1.82, 2.24) is 0 Å². The summed E-state index contributed by atoms with van der Waals surface area (Å²) in [4.78, 5) is 12.7. The number of benzene rings is 3. The molecule has 0 heterocycles. The highest BCUT2D eigenvalue weighted by molar-refractivity contribution is 7.92. The van der Waals surface area contributed by atoms with Crippen LogP contribution in [0.25, 0.3) is 0 Å². The Labute approximate surface area is 183 Å². The monoisotopic (exact) mass is 468 g/mol. The Morgan fingerprint density at radius 3 is 2.21 bits per heavy atom. The molecular weight excluding hydrogens is 455 g/mol. The molecule has 0 radical (unpaired) electrons. The van der Waals surface area contributed by atoms with E-state index in [9.17, 15) is 13.2 Å². The standard InChI is InChI=1S/C20H15Cl3N2O3S/c21-14-5-4-6-16(11-14)24-20(26)13-25(19-10-9-15(22)12-18(19)23)29(27,28)17-7-2-1-3-8-17/h1-12H,13H2,(H,24,26). The Morgan fingerprint density at radius 1 is 0.862 bits per heavy atom. The predicted octanol–water partition coefficient (Wildman–Crippen LogP) is 5.48. The van der Waals surface area contributed by atoms with Gasteiger partial charge in [-0.25, -0.2) is 8.42 Å². The molecule has 1 amide bonds. The van der Waals surface area contributed by atoms with Crippen LogP contribution < -0.4 is 9.62 Å². The normalized spacial score (nSPS) is 11.1. The van der Waals surface area contributed by atoms with Gasteiger partial charge >= 0.3 is 0 Å². The third kappa shape index (κ3) is 5.22. The van der Waals surface area contributed by atoms with Crippen LogP contribution in [0.2, 0.25) is 15.1 Å². The number of carbonyl (C=O) groups excluding carboxylic acids is 1. The van der Waals surface area contributed by atoms with Crippen LogP contribution in [-0.4, -0.2) is 20.9 Å². The molecule has 0 aliphatic heterocycles. The zero-order valence-electron chi connectivity index (χ0n) is 14.8. The number of hydrogen-bond acceptors (Lipinski definition) is 3. The first-order valence-corrected chi connectivity index (χ1v) is 10.9. The minimum absolute atomic E-state index is 0.0292. The summed E-state index contributed by atoms with van der Waals surface area (Å²) in [6.07, 6.45) is 0. The van der Waals surface area contributed by atoms with Gasteiger partial charge in [0.2, 0.25) is 5.91 Å². The van der Waals surface area contributed by atoms with Gasteiger partial charge in [-0.3, -0.25) is 9.10 Å². The van der Waals surface area contributed by atoms with Gasteiger partial charge in [0.25, 0.3) is 10.0 Å². The molecule has 29 heavy (non-hydrogen) atoms. The van der Waals surface area contributed by atoms with Gasteiger partial charge in [0, 0.05) is 15.7 Å². The van der Waals surface area contributed by atoms with Crippen LogP contribution in [0.5, 0.6) is 0 Å². The number of carbonyl (C=O) groups is 1. The highest BCUT2D eigenvalue weighted by Crippen LogP contribution is 2.32. The number of nitrogens with zero attached hydrogens (tertiary/aromatic N) is 1. The minimum atomic E-state index is -4.07. The lowest BCUT2D eigenvalue weighted by Gasteiger charge is -2.25. The van der Waals surface area contributed by atoms with Crippen molar-refractivity contribution in [3.8, 4) is 0 Å². The molecule has 0 atom stereocenters. The first kappa shape index (κ1) is 21.5. The summed E-state index contributed by atoms with van der Waals surface area (Å²) >= 11 is 18.1. The summed E-state index contributed by atoms with van der Waals surface area (Å²) < 4.78 is 27.4. The molecule has 5 nitrogen and oxygen atoms in total. The molecular formula is C20H15Cl3N2O3S. The molecule has 0 bridgehead atoms. The summed E-state index contributed by atoms with van der Waals surface area (Å²) in [6.45, 7) is -0.495. The van der Waals surface area contributed by atoms with Gasteiger partial charge in [-0.1, -0.05) is 59.1 Å². The highest BCUT2D eigenvalue weighted by Gasteiger charge is 2.28. The second kappa shape index (κ2) is 9.05. The maximum absolute atomic E-state index is 13.2. The van der Waals surface area contributed by atoms with Gasteiger partial charge in [-0.05, 0) is 48.5 Å². The topological polar surface area (TPSA) is 66.5 Å². The largest absolute Gasteiger partial charge is 0.324 e. The predicted molar refractivity (Wildman–Crippen MR) is 118 cm³/mol. The van der Waals surface area contributed by atoms with Crippen molar-refractivity contribution in [2.45, 2.75) is 4.90 Å². The van der Waals surface area contributed by atoms with Crippen LogP contribution >= 0.6 is 34.8 Å². The molecule has 3 aromatic carbocycles. The summed E-state index contributed by atoms with van der Waals surface area (Å²) in [6, 6.07) is 18.7. The number of rotatable bonds is 6. The third-order valence-electron chi connectivity index (χ3n) is 3.91. The number of sulfonamides is 1. The van der Waals surface area contributed by atoms with Crippen molar-refractivity contribution in [2.24, 2.45) is 0 Å². The third-order valence-corrected chi connectivity index (χ3v) is 6.45.